The molecule has 5 heteroatoms. The Morgan fingerprint density at radius 3 is 2.93 bits per heavy atom. The number of rotatable bonds is 5. The zero-order valence-electron chi connectivity index (χ0n) is 9.42. The van der Waals surface area contributed by atoms with Gasteiger partial charge in [0.1, 0.15) is 6.23 Å². The number of hydrogen-bond donors (Lipinski definition) is 1. The van der Waals surface area contributed by atoms with E-state index in [1.165, 1.54) is 6.34 Å². The van der Waals surface area contributed by atoms with Crippen LogP contribution in [0.2, 0.25) is 0 Å². The van der Waals surface area contributed by atoms with Crippen LogP contribution in [0.15, 0.2) is 17.3 Å². The minimum absolute atomic E-state index is 0.217. The second-order valence-corrected chi connectivity index (χ2v) is 3.57. The molecule has 0 aliphatic carbocycles. The predicted octanol–water partition coefficient (Wildman–Crippen LogP) is 1.31. The Balaban J connectivity index is 2.53. The molecule has 2 N–H and O–H groups in total. The van der Waals surface area contributed by atoms with E-state index in [0.717, 1.165) is 5.69 Å². The lowest BCUT2D eigenvalue weighted by molar-refractivity contribution is 0.0546. The maximum atomic E-state index is 5.48. The average molecular weight is 210 g/mol. The molecule has 1 atom stereocenters. The molecule has 1 rings (SSSR count). The third-order valence-corrected chi connectivity index (χ3v) is 2.01. The summed E-state index contributed by atoms with van der Waals surface area (Å²) in [5.74, 6) is 0. The predicted molar refractivity (Wildman–Crippen MR) is 59.5 cm³/mol. The summed E-state index contributed by atoms with van der Waals surface area (Å²) in [7, 11) is 0. The Kier molecular flexibility index (Phi) is 4.30. The number of ether oxygens (including phenoxy) is 1. The van der Waals surface area contributed by atoms with Gasteiger partial charge in [-0.05, 0) is 26.8 Å². The molecule has 1 aromatic rings. The van der Waals surface area contributed by atoms with Crippen molar-refractivity contribution in [2.45, 2.75) is 39.6 Å². The van der Waals surface area contributed by atoms with Crippen LogP contribution in [0.5, 0.6) is 0 Å². The third-order valence-electron chi connectivity index (χ3n) is 2.01. The van der Waals surface area contributed by atoms with E-state index in [9.17, 15) is 0 Å². The fourth-order valence-corrected chi connectivity index (χ4v) is 1.29. The number of aromatic nitrogens is 2. The molecule has 0 radical (unpaired) electrons. The molecule has 84 valence electrons. The molecular formula is C10H18N4O. The van der Waals surface area contributed by atoms with Gasteiger partial charge in [0.05, 0.1) is 18.6 Å². The summed E-state index contributed by atoms with van der Waals surface area (Å²) in [6.45, 7) is 6.51. The van der Waals surface area contributed by atoms with Crippen LogP contribution in [0.1, 0.15) is 32.5 Å². The maximum absolute atomic E-state index is 5.48. The standard InChI is InChI=1S/C10H18N4O/c1-8(2)14-10(4-5-13-14)6-15-9(3)12-7-11/h4-5,7-9H,6H2,1-3H3,(H2,11,12). The van der Waals surface area contributed by atoms with E-state index in [4.69, 9.17) is 10.5 Å². The molecule has 0 saturated carbocycles. The van der Waals surface area contributed by atoms with E-state index in [-0.39, 0.29) is 6.23 Å². The summed E-state index contributed by atoms with van der Waals surface area (Å²) in [4.78, 5) is 3.90. The van der Waals surface area contributed by atoms with Gasteiger partial charge in [0.25, 0.3) is 0 Å². The van der Waals surface area contributed by atoms with Crippen LogP contribution in [-0.4, -0.2) is 22.3 Å². The van der Waals surface area contributed by atoms with Crippen molar-refractivity contribution in [2.75, 3.05) is 0 Å². The van der Waals surface area contributed by atoms with Crippen LogP contribution in [0.4, 0.5) is 0 Å². The zero-order valence-corrected chi connectivity index (χ0v) is 9.42. The van der Waals surface area contributed by atoms with Gasteiger partial charge in [0, 0.05) is 12.2 Å². The highest BCUT2D eigenvalue weighted by Crippen LogP contribution is 2.10. The molecule has 0 spiro atoms. The minimum Gasteiger partial charge on any atom is -0.390 e. The smallest absolute Gasteiger partial charge is 0.147 e. The van der Waals surface area contributed by atoms with Crippen LogP contribution >= 0.6 is 0 Å². The Hall–Kier alpha value is -1.36. The summed E-state index contributed by atoms with van der Waals surface area (Å²) >= 11 is 0. The molecule has 0 aliphatic heterocycles. The summed E-state index contributed by atoms with van der Waals surface area (Å²) in [6, 6.07) is 2.28. The Bertz CT molecular complexity index is 319. The van der Waals surface area contributed by atoms with Crippen molar-refractivity contribution < 1.29 is 4.74 Å². The highest BCUT2D eigenvalue weighted by molar-refractivity contribution is 5.51. The largest absolute Gasteiger partial charge is 0.390 e. The molecular weight excluding hydrogens is 192 g/mol. The van der Waals surface area contributed by atoms with E-state index >= 15 is 0 Å². The second kappa shape index (κ2) is 5.50. The Morgan fingerprint density at radius 2 is 2.33 bits per heavy atom. The van der Waals surface area contributed by atoms with Gasteiger partial charge in [-0.3, -0.25) is 4.68 Å². The highest BCUT2D eigenvalue weighted by Gasteiger charge is 2.07. The van der Waals surface area contributed by atoms with Crippen molar-refractivity contribution >= 4 is 6.34 Å². The number of hydrogen-bond acceptors (Lipinski definition) is 3. The molecule has 0 saturated heterocycles. The number of aliphatic imine (C=N–C) groups is 1. The van der Waals surface area contributed by atoms with E-state index in [2.05, 4.69) is 23.9 Å². The van der Waals surface area contributed by atoms with Gasteiger partial charge in [-0.1, -0.05) is 0 Å². The lowest BCUT2D eigenvalue weighted by Gasteiger charge is -2.12. The van der Waals surface area contributed by atoms with Crippen molar-refractivity contribution in [2.24, 2.45) is 10.7 Å². The van der Waals surface area contributed by atoms with Gasteiger partial charge in [-0.15, -0.1) is 0 Å². The topological polar surface area (TPSA) is 65.4 Å². The van der Waals surface area contributed by atoms with Gasteiger partial charge in [0.2, 0.25) is 0 Å². The first-order valence-electron chi connectivity index (χ1n) is 5.02. The minimum atomic E-state index is -0.217. The number of nitrogens with zero attached hydrogens (tertiary/aromatic N) is 3. The van der Waals surface area contributed by atoms with Crippen molar-refractivity contribution in [3.8, 4) is 0 Å². The van der Waals surface area contributed by atoms with Crippen LogP contribution < -0.4 is 5.73 Å². The van der Waals surface area contributed by atoms with Gasteiger partial charge >= 0.3 is 0 Å². The SMILES string of the molecule is CC(N=CN)OCc1ccnn1C(C)C. The fraction of sp³-hybridized carbons (Fsp3) is 0.600. The summed E-state index contributed by atoms with van der Waals surface area (Å²) in [6.07, 6.45) is 2.81. The molecule has 0 fully saturated rings. The normalized spacial score (nSPS) is 13.9. The molecule has 0 aliphatic rings. The molecule has 1 heterocycles. The zero-order chi connectivity index (χ0) is 11.3. The first-order chi connectivity index (χ1) is 7.15. The van der Waals surface area contributed by atoms with Gasteiger partial charge < -0.3 is 10.5 Å². The average Bonchev–Trinajstić information content (AvgIpc) is 2.63. The molecule has 1 aromatic heterocycles. The fourth-order valence-electron chi connectivity index (χ4n) is 1.29. The van der Waals surface area contributed by atoms with E-state index < -0.39 is 0 Å². The van der Waals surface area contributed by atoms with Gasteiger partial charge in [-0.2, -0.15) is 5.10 Å². The van der Waals surface area contributed by atoms with E-state index in [0.29, 0.717) is 12.6 Å². The molecule has 5 nitrogen and oxygen atoms in total. The van der Waals surface area contributed by atoms with Crippen LogP contribution in [0, 0.1) is 0 Å². The van der Waals surface area contributed by atoms with Gasteiger partial charge in [0.15, 0.2) is 0 Å². The first-order valence-corrected chi connectivity index (χ1v) is 5.02. The van der Waals surface area contributed by atoms with Crippen molar-refractivity contribution in [3.05, 3.63) is 18.0 Å². The third kappa shape index (κ3) is 3.36. The Labute approximate surface area is 89.9 Å². The van der Waals surface area contributed by atoms with E-state index in [1.54, 1.807) is 6.20 Å². The molecule has 0 amide bonds. The van der Waals surface area contributed by atoms with Crippen LogP contribution in [0.25, 0.3) is 0 Å². The van der Waals surface area contributed by atoms with Gasteiger partial charge in [-0.25, -0.2) is 4.99 Å². The number of nitrogens with two attached hydrogens (primary N) is 1. The van der Waals surface area contributed by atoms with E-state index in [1.807, 2.05) is 17.7 Å². The molecule has 0 bridgehead atoms. The highest BCUT2D eigenvalue weighted by atomic mass is 16.5. The van der Waals surface area contributed by atoms with Crippen molar-refractivity contribution in [3.63, 3.8) is 0 Å². The summed E-state index contributed by atoms with van der Waals surface area (Å²) < 4.78 is 7.41. The maximum Gasteiger partial charge on any atom is 0.147 e. The second-order valence-electron chi connectivity index (χ2n) is 3.57. The summed E-state index contributed by atoms with van der Waals surface area (Å²) in [5, 5.41) is 4.21. The Morgan fingerprint density at radius 1 is 1.60 bits per heavy atom. The first kappa shape index (κ1) is 11.7. The van der Waals surface area contributed by atoms with Crippen LogP contribution in [-0.2, 0) is 11.3 Å². The molecule has 1 unspecified atom stereocenters. The quantitative estimate of drug-likeness (QED) is 0.588. The molecule has 15 heavy (non-hydrogen) atoms. The van der Waals surface area contributed by atoms with Crippen LogP contribution in [0.3, 0.4) is 0 Å². The lowest BCUT2D eigenvalue weighted by atomic mass is 10.3. The van der Waals surface area contributed by atoms with Crippen molar-refractivity contribution in [1.82, 2.24) is 9.78 Å². The lowest BCUT2D eigenvalue weighted by Crippen LogP contribution is -2.12. The monoisotopic (exact) mass is 210 g/mol. The molecule has 0 aromatic carbocycles. The van der Waals surface area contributed by atoms with Crippen molar-refractivity contribution in [1.29, 1.82) is 0 Å². The summed E-state index contributed by atoms with van der Waals surface area (Å²) in [5.41, 5.74) is 6.21.